The van der Waals surface area contributed by atoms with E-state index in [0.717, 1.165) is 4.57 Å². The van der Waals surface area contributed by atoms with E-state index in [1.807, 2.05) is 0 Å². The average molecular weight is 300 g/mol. The molecule has 1 saturated heterocycles. The van der Waals surface area contributed by atoms with E-state index in [1.54, 1.807) is 0 Å². The number of imidazole rings is 1. The molecule has 0 aliphatic carbocycles. The second kappa shape index (κ2) is 4.49. The standard InChI is InChI=1S/C10H10F2N6O3/c11-6(12)5-3(19)4(20)9(21-5)18-1-15-2-7(13)16-10(14)17-8(2)18/h1,3-4,9,19-20H,(H4,13,14,16,17)/t3-,4+,9+/m0/s1. The molecule has 11 heteroatoms. The van der Waals surface area contributed by atoms with Gasteiger partial charge in [0.05, 0.1) is 0 Å². The Balaban J connectivity index is 2.12. The first kappa shape index (κ1) is 13.5. The SMILES string of the molecule is Nc1nc(N)c2ncn([C@@H]3OC(=C(F)F)[C@@H](O)[C@H]3O)c2n1. The highest BCUT2D eigenvalue weighted by Crippen LogP contribution is 2.36. The maximum Gasteiger partial charge on any atom is 0.310 e. The van der Waals surface area contributed by atoms with Crippen molar-refractivity contribution in [2.45, 2.75) is 18.4 Å². The molecular weight excluding hydrogens is 290 g/mol. The lowest BCUT2D eigenvalue weighted by atomic mass is 10.2. The lowest BCUT2D eigenvalue weighted by molar-refractivity contribution is -0.0124. The molecule has 9 nitrogen and oxygen atoms in total. The Labute approximate surface area is 115 Å². The summed E-state index contributed by atoms with van der Waals surface area (Å²) in [5, 5.41) is 19.4. The molecule has 2 aromatic rings. The minimum atomic E-state index is -2.22. The summed E-state index contributed by atoms with van der Waals surface area (Å²) in [4.78, 5) is 11.5. The zero-order valence-corrected chi connectivity index (χ0v) is 10.3. The van der Waals surface area contributed by atoms with Gasteiger partial charge >= 0.3 is 6.08 Å². The number of aliphatic hydroxyl groups is 2. The van der Waals surface area contributed by atoms with Gasteiger partial charge in [0.1, 0.15) is 24.1 Å². The number of aliphatic hydroxyl groups excluding tert-OH is 2. The molecule has 3 heterocycles. The Hall–Kier alpha value is -2.53. The van der Waals surface area contributed by atoms with Gasteiger partial charge in [0.15, 0.2) is 17.2 Å². The molecule has 2 aromatic heterocycles. The molecule has 0 spiro atoms. The van der Waals surface area contributed by atoms with Gasteiger partial charge in [-0.1, -0.05) is 0 Å². The van der Waals surface area contributed by atoms with Crippen LogP contribution in [-0.4, -0.2) is 41.9 Å². The van der Waals surface area contributed by atoms with Crippen LogP contribution >= 0.6 is 0 Å². The van der Waals surface area contributed by atoms with E-state index < -0.39 is 30.3 Å². The highest BCUT2D eigenvalue weighted by Gasteiger charge is 2.44. The summed E-state index contributed by atoms with van der Waals surface area (Å²) >= 11 is 0. The van der Waals surface area contributed by atoms with Crippen LogP contribution in [0.25, 0.3) is 11.2 Å². The lowest BCUT2D eigenvalue weighted by Gasteiger charge is -2.15. The van der Waals surface area contributed by atoms with E-state index in [4.69, 9.17) is 16.2 Å². The fourth-order valence-electron chi connectivity index (χ4n) is 2.10. The van der Waals surface area contributed by atoms with E-state index >= 15 is 0 Å². The third-order valence-corrected chi connectivity index (χ3v) is 3.06. The number of hydrogen-bond donors (Lipinski definition) is 4. The van der Waals surface area contributed by atoms with Gasteiger partial charge in [-0.2, -0.15) is 18.7 Å². The molecule has 0 amide bonds. The Kier molecular flexibility index (Phi) is 2.88. The molecule has 0 bridgehead atoms. The number of aromatic nitrogens is 4. The van der Waals surface area contributed by atoms with Gasteiger partial charge in [0.2, 0.25) is 12.2 Å². The number of hydrogen-bond acceptors (Lipinski definition) is 8. The molecule has 0 saturated carbocycles. The molecule has 1 fully saturated rings. The maximum absolute atomic E-state index is 12.6. The van der Waals surface area contributed by atoms with Crippen molar-refractivity contribution in [2.24, 2.45) is 0 Å². The summed E-state index contributed by atoms with van der Waals surface area (Å²) in [5.41, 5.74) is 11.3. The van der Waals surface area contributed by atoms with E-state index in [1.165, 1.54) is 6.33 Å². The number of anilines is 2. The lowest BCUT2D eigenvalue weighted by Crippen LogP contribution is -2.27. The van der Waals surface area contributed by atoms with Crippen molar-refractivity contribution in [1.82, 2.24) is 19.5 Å². The predicted octanol–water partition coefficient (Wildman–Crippen LogP) is -0.651. The van der Waals surface area contributed by atoms with Crippen LogP contribution in [0.3, 0.4) is 0 Å². The molecule has 112 valence electrons. The van der Waals surface area contributed by atoms with Crippen LogP contribution in [0.15, 0.2) is 18.2 Å². The van der Waals surface area contributed by atoms with Crippen LogP contribution < -0.4 is 11.5 Å². The first-order valence-corrected chi connectivity index (χ1v) is 5.73. The van der Waals surface area contributed by atoms with Crippen LogP contribution in [-0.2, 0) is 4.74 Å². The van der Waals surface area contributed by atoms with Gasteiger partial charge in [0.25, 0.3) is 0 Å². The van der Waals surface area contributed by atoms with Crippen molar-refractivity contribution in [3.8, 4) is 0 Å². The summed E-state index contributed by atoms with van der Waals surface area (Å²) in [6, 6.07) is 0. The van der Waals surface area contributed by atoms with Crippen LogP contribution in [0.5, 0.6) is 0 Å². The Morgan fingerprint density at radius 3 is 2.62 bits per heavy atom. The number of ether oxygens (including phenoxy) is 1. The van der Waals surface area contributed by atoms with Gasteiger partial charge in [0, 0.05) is 0 Å². The first-order chi connectivity index (χ1) is 9.90. The first-order valence-electron chi connectivity index (χ1n) is 5.73. The quantitative estimate of drug-likeness (QED) is 0.543. The summed E-state index contributed by atoms with van der Waals surface area (Å²) < 4.78 is 31.3. The number of halogens is 2. The second-order valence-electron chi connectivity index (χ2n) is 4.36. The number of nitrogens with zero attached hydrogens (tertiary/aromatic N) is 4. The van der Waals surface area contributed by atoms with Crippen molar-refractivity contribution in [1.29, 1.82) is 0 Å². The summed E-state index contributed by atoms with van der Waals surface area (Å²) in [6.07, 6.45) is -5.86. The van der Waals surface area contributed by atoms with Crippen molar-refractivity contribution >= 4 is 22.9 Å². The minimum absolute atomic E-state index is 0.00303. The van der Waals surface area contributed by atoms with Crippen LogP contribution in [0.2, 0.25) is 0 Å². The zero-order chi connectivity index (χ0) is 15.3. The number of fused-ring (bicyclic) bond motifs is 1. The minimum Gasteiger partial charge on any atom is -0.463 e. The Morgan fingerprint density at radius 1 is 1.29 bits per heavy atom. The topological polar surface area (TPSA) is 145 Å². The fraction of sp³-hybridized carbons (Fsp3) is 0.300. The normalized spacial score (nSPS) is 25.3. The number of nitrogens with two attached hydrogens (primary N) is 2. The Morgan fingerprint density at radius 2 is 2.00 bits per heavy atom. The van der Waals surface area contributed by atoms with Gasteiger partial charge in [-0.25, -0.2) is 4.98 Å². The molecule has 1 aliphatic heterocycles. The van der Waals surface area contributed by atoms with Gasteiger partial charge in [-0.3, -0.25) is 4.57 Å². The molecule has 6 N–H and O–H groups in total. The van der Waals surface area contributed by atoms with Crippen molar-refractivity contribution in [3.05, 3.63) is 18.2 Å². The predicted molar refractivity (Wildman–Crippen MR) is 65.5 cm³/mol. The zero-order valence-electron chi connectivity index (χ0n) is 10.3. The average Bonchev–Trinajstić information content (AvgIpc) is 2.93. The molecule has 3 atom stereocenters. The van der Waals surface area contributed by atoms with Gasteiger partial charge in [-0.05, 0) is 0 Å². The Bertz CT molecular complexity index is 744. The third kappa shape index (κ3) is 1.94. The molecular formula is C10H10F2N6O3. The number of rotatable bonds is 1. The van der Waals surface area contributed by atoms with Gasteiger partial charge in [-0.15, -0.1) is 0 Å². The summed E-state index contributed by atoms with van der Waals surface area (Å²) in [5.74, 6) is -1.15. The van der Waals surface area contributed by atoms with E-state index in [2.05, 4.69) is 15.0 Å². The second-order valence-corrected chi connectivity index (χ2v) is 4.36. The van der Waals surface area contributed by atoms with E-state index in [9.17, 15) is 19.0 Å². The highest BCUT2D eigenvalue weighted by molar-refractivity contribution is 5.82. The molecule has 0 radical (unpaired) electrons. The summed E-state index contributed by atoms with van der Waals surface area (Å²) in [6.45, 7) is 0. The maximum atomic E-state index is 12.6. The smallest absolute Gasteiger partial charge is 0.310 e. The molecule has 1 aliphatic rings. The van der Waals surface area contributed by atoms with Crippen LogP contribution in [0.1, 0.15) is 6.23 Å². The van der Waals surface area contributed by atoms with E-state index in [0.29, 0.717) is 0 Å². The van der Waals surface area contributed by atoms with Crippen LogP contribution in [0.4, 0.5) is 20.5 Å². The van der Waals surface area contributed by atoms with Gasteiger partial charge < -0.3 is 26.4 Å². The van der Waals surface area contributed by atoms with Crippen molar-refractivity contribution in [2.75, 3.05) is 11.5 Å². The molecule has 3 rings (SSSR count). The highest BCUT2D eigenvalue weighted by atomic mass is 19.3. The monoisotopic (exact) mass is 300 g/mol. The largest absolute Gasteiger partial charge is 0.463 e. The van der Waals surface area contributed by atoms with Crippen molar-refractivity contribution < 1.29 is 23.7 Å². The third-order valence-electron chi connectivity index (χ3n) is 3.06. The number of nitrogen functional groups attached to an aromatic ring is 2. The summed E-state index contributed by atoms with van der Waals surface area (Å²) in [7, 11) is 0. The molecule has 0 unspecified atom stereocenters. The van der Waals surface area contributed by atoms with Crippen LogP contribution in [0, 0.1) is 0 Å². The molecule has 0 aromatic carbocycles. The van der Waals surface area contributed by atoms with E-state index in [-0.39, 0.29) is 22.9 Å². The van der Waals surface area contributed by atoms with Crippen molar-refractivity contribution in [3.63, 3.8) is 0 Å². The fourth-order valence-corrected chi connectivity index (χ4v) is 2.10. The molecule has 21 heavy (non-hydrogen) atoms.